The van der Waals surface area contributed by atoms with Gasteiger partial charge in [0.2, 0.25) is 0 Å². The van der Waals surface area contributed by atoms with Gasteiger partial charge >= 0.3 is 0 Å². The van der Waals surface area contributed by atoms with E-state index in [9.17, 15) is 5.11 Å². The second kappa shape index (κ2) is 5.14. The van der Waals surface area contributed by atoms with Crippen LogP contribution in [0.15, 0.2) is 18.2 Å². The van der Waals surface area contributed by atoms with Gasteiger partial charge in [-0.1, -0.05) is 6.07 Å². The van der Waals surface area contributed by atoms with Crippen molar-refractivity contribution >= 4 is 0 Å². The van der Waals surface area contributed by atoms with Gasteiger partial charge in [0.25, 0.3) is 0 Å². The molecule has 0 aliphatic carbocycles. The number of hydrogen-bond donors (Lipinski definition) is 1. The van der Waals surface area contributed by atoms with E-state index in [1.165, 1.54) is 5.56 Å². The van der Waals surface area contributed by atoms with Gasteiger partial charge in [0.15, 0.2) is 0 Å². The Labute approximate surface area is 91.3 Å². The first-order valence-electron chi connectivity index (χ1n) is 5.04. The Morgan fingerprint density at radius 3 is 2.53 bits per heavy atom. The molecule has 0 radical (unpaired) electrons. The predicted octanol–water partition coefficient (Wildman–Crippen LogP) is 1.81. The standard InChI is InChI=1S/C12H19NO2/c1-9(14)11-7-10(8-13(2)3)5-6-12(11)15-4/h5-7,9,14H,8H2,1-4H3. The van der Waals surface area contributed by atoms with E-state index >= 15 is 0 Å². The van der Waals surface area contributed by atoms with Gasteiger partial charge in [-0.15, -0.1) is 0 Å². The zero-order chi connectivity index (χ0) is 11.4. The zero-order valence-electron chi connectivity index (χ0n) is 9.82. The van der Waals surface area contributed by atoms with E-state index in [0.717, 1.165) is 17.9 Å². The number of nitrogens with zero attached hydrogens (tertiary/aromatic N) is 1. The van der Waals surface area contributed by atoms with Crippen LogP contribution in [-0.4, -0.2) is 31.2 Å². The highest BCUT2D eigenvalue weighted by molar-refractivity contribution is 5.38. The lowest BCUT2D eigenvalue weighted by atomic mass is 10.1. The molecule has 3 nitrogen and oxygen atoms in total. The molecule has 0 aliphatic heterocycles. The highest BCUT2D eigenvalue weighted by Gasteiger charge is 2.09. The van der Waals surface area contributed by atoms with Crippen molar-refractivity contribution in [3.63, 3.8) is 0 Å². The van der Waals surface area contributed by atoms with Gasteiger partial charge in [-0.2, -0.15) is 0 Å². The van der Waals surface area contributed by atoms with Crippen molar-refractivity contribution in [1.82, 2.24) is 4.90 Å². The molecule has 0 bridgehead atoms. The van der Waals surface area contributed by atoms with E-state index in [0.29, 0.717) is 0 Å². The Hall–Kier alpha value is -1.06. The maximum atomic E-state index is 9.60. The molecular weight excluding hydrogens is 190 g/mol. The molecule has 0 spiro atoms. The fourth-order valence-electron chi connectivity index (χ4n) is 1.57. The van der Waals surface area contributed by atoms with Gasteiger partial charge in [-0.3, -0.25) is 0 Å². The monoisotopic (exact) mass is 209 g/mol. The fourth-order valence-corrected chi connectivity index (χ4v) is 1.57. The van der Waals surface area contributed by atoms with Gasteiger partial charge in [0.05, 0.1) is 13.2 Å². The van der Waals surface area contributed by atoms with Crippen LogP contribution in [0.3, 0.4) is 0 Å². The van der Waals surface area contributed by atoms with Crippen molar-refractivity contribution in [2.75, 3.05) is 21.2 Å². The average Bonchev–Trinajstić information content (AvgIpc) is 2.16. The molecular formula is C12H19NO2. The van der Waals surface area contributed by atoms with Crippen LogP contribution in [0.5, 0.6) is 5.75 Å². The van der Waals surface area contributed by atoms with Crippen LogP contribution in [-0.2, 0) is 6.54 Å². The Kier molecular flexibility index (Phi) is 4.12. The number of methoxy groups -OCH3 is 1. The van der Waals surface area contributed by atoms with Crippen LogP contribution in [0.4, 0.5) is 0 Å². The average molecular weight is 209 g/mol. The van der Waals surface area contributed by atoms with Crippen molar-refractivity contribution in [2.24, 2.45) is 0 Å². The van der Waals surface area contributed by atoms with Crippen molar-refractivity contribution in [3.05, 3.63) is 29.3 Å². The van der Waals surface area contributed by atoms with Gasteiger partial charge in [0.1, 0.15) is 5.75 Å². The largest absolute Gasteiger partial charge is 0.496 e. The molecule has 3 heteroatoms. The number of rotatable bonds is 4. The van der Waals surface area contributed by atoms with Crippen LogP contribution in [0, 0.1) is 0 Å². The maximum Gasteiger partial charge on any atom is 0.124 e. The van der Waals surface area contributed by atoms with Crippen molar-refractivity contribution in [3.8, 4) is 5.75 Å². The lowest BCUT2D eigenvalue weighted by Crippen LogP contribution is -2.11. The number of benzene rings is 1. The smallest absolute Gasteiger partial charge is 0.124 e. The maximum absolute atomic E-state index is 9.60. The summed E-state index contributed by atoms with van der Waals surface area (Å²) >= 11 is 0. The highest BCUT2D eigenvalue weighted by atomic mass is 16.5. The summed E-state index contributed by atoms with van der Waals surface area (Å²) < 4.78 is 5.19. The van der Waals surface area contributed by atoms with E-state index in [2.05, 4.69) is 4.90 Å². The van der Waals surface area contributed by atoms with Crippen LogP contribution in [0.25, 0.3) is 0 Å². The van der Waals surface area contributed by atoms with Gasteiger partial charge in [0, 0.05) is 12.1 Å². The molecule has 0 aliphatic rings. The van der Waals surface area contributed by atoms with Crippen LogP contribution in [0.2, 0.25) is 0 Å². The lowest BCUT2D eigenvalue weighted by Gasteiger charge is -2.15. The molecule has 84 valence electrons. The molecule has 1 aromatic rings. The van der Waals surface area contributed by atoms with E-state index < -0.39 is 6.10 Å². The van der Waals surface area contributed by atoms with Gasteiger partial charge in [-0.05, 0) is 38.7 Å². The fraction of sp³-hybridized carbons (Fsp3) is 0.500. The molecule has 0 saturated carbocycles. The van der Waals surface area contributed by atoms with Crippen LogP contribution >= 0.6 is 0 Å². The summed E-state index contributed by atoms with van der Waals surface area (Å²) in [6, 6.07) is 5.91. The summed E-state index contributed by atoms with van der Waals surface area (Å²) in [6.07, 6.45) is -0.498. The first-order valence-corrected chi connectivity index (χ1v) is 5.04. The molecule has 0 saturated heterocycles. The number of aliphatic hydroxyl groups excluding tert-OH is 1. The predicted molar refractivity (Wildman–Crippen MR) is 61.0 cm³/mol. The second-order valence-electron chi connectivity index (χ2n) is 3.99. The normalized spacial score (nSPS) is 12.9. The molecule has 1 atom stereocenters. The summed E-state index contributed by atoms with van der Waals surface area (Å²) in [6.45, 7) is 2.61. The number of aliphatic hydroxyl groups is 1. The number of ether oxygens (including phenoxy) is 1. The van der Waals surface area contributed by atoms with Crippen molar-refractivity contribution in [2.45, 2.75) is 19.6 Å². The summed E-state index contributed by atoms with van der Waals surface area (Å²) in [5.74, 6) is 0.743. The van der Waals surface area contributed by atoms with Crippen LogP contribution < -0.4 is 4.74 Å². The third kappa shape index (κ3) is 3.22. The summed E-state index contributed by atoms with van der Waals surface area (Å²) in [4.78, 5) is 2.09. The van der Waals surface area contributed by atoms with E-state index in [1.807, 2.05) is 32.3 Å². The van der Waals surface area contributed by atoms with Crippen molar-refractivity contribution in [1.29, 1.82) is 0 Å². The highest BCUT2D eigenvalue weighted by Crippen LogP contribution is 2.26. The Bertz CT molecular complexity index is 321. The molecule has 1 aromatic carbocycles. The number of hydrogen-bond acceptors (Lipinski definition) is 3. The Balaban J connectivity index is 2.99. The molecule has 1 rings (SSSR count). The summed E-state index contributed by atoms with van der Waals surface area (Å²) in [5, 5.41) is 9.60. The van der Waals surface area contributed by atoms with E-state index in [-0.39, 0.29) is 0 Å². The minimum atomic E-state index is -0.498. The van der Waals surface area contributed by atoms with Crippen molar-refractivity contribution < 1.29 is 9.84 Å². The molecule has 0 amide bonds. The quantitative estimate of drug-likeness (QED) is 0.821. The molecule has 15 heavy (non-hydrogen) atoms. The van der Waals surface area contributed by atoms with E-state index in [4.69, 9.17) is 4.74 Å². The topological polar surface area (TPSA) is 32.7 Å². The third-order valence-corrected chi connectivity index (χ3v) is 2.24. The minimum absolute atomic E-state index is 0.498. The molecule has 0 fully saturated rings. The molecule has 0 heterocycles. The Morgan fingerprint density at radius 2 is 2.07 bits per heavy atom. The van der Waals surface area contributed by atoms with Gasteiger partial charge < -0.3 is 14.7 Å². The Morgan fingerprint density at radius 1 is 1.40 bits per heavy atom. The van der Waals surface area contributed by atoms with Crippen LogP contribution in [0.1, 0.15) is 24.2 Å². The molecule has 1 unspecified atom stereocenters. The lowest BCUT2D eigenvalue weighted by molar-refractivity contribution is 0.194. The van der Waals surface area contributed by atoms with Gasteiger partial charge in [-0.25, -0.2) is 0 Å². The third-order valence-electron chi connectivity index (χ3n) is 2.24. The SMILES string of the molecule is COc1ccc(CN(C)C)cc1C(C)O. The summed E-state index contributed by atoms with van der Waals surface area (Å²) in [7, 11) is 5.66. The first kappa shape index (κ1) is 12.0. The first-order chi connectivity index (χ1) is 7.04. The zero-order valence-corrected chi connectivity index (χ0v) is 9.82. The molecule has 0 aromatic heterocycles. The second-order valence-corrected chi connectivity index (χ2v) is 3.99. The minimum Gasteiger partial charge on any atom is -0.496 e. The summed E-state index contributed by atoms with van der Waals surface area (Å²) in [5.41, 5.74) is 2.02. The van der Waals surface area contributed by atoms with E-state index in [1.54, 1.807) is 14.0 Å². The molecule has 1 N–H and O–H groups in total.